The van der Waals surface area contributed by atoms with Gasteiger partial charge >= 0.3 is 0 Å². The summed E-state index contributed by atoms with van der Waals surface area (Å²) in [4.78, 5) is 0. The molecule has 2 aliphatic rings. The summed E-state index contributed by atoms with van der Waals surface area (Å²) in [7, 11) is 0. The normalized spacial score (nSPS) is 24.1. The van der Waals surface area contributed by atoms with Gasteiger partial charge in [0.25, 0.3) is 0 Å². The summed E-state index contributed by atoms with van der Waals surface area (Å²) in [6, 6.07) is 8.92. The van der Waals surface area contributed by atoms with Crippen molar-refractivity contribution in [1.82, 2.24) is 5.43 Å². The molecule has 0 radical (unpaired) electrons. The van der Waals surface area contributed by atoms with E-state index in [1.807, 2.05) is 0 Å². The number of nitrogens with two attached hydrogens (primary N) is 1. The Morgan fingerprint density at radius 3 is 2.71 bits per heavy atom. The van der Waals surface area contributed by atoms with Crippen LogP contribution >= 0.6 is 0 Å². The number of hydrogen-bond acceptors (Lipinski definition) is 3. The third-order valence-corrected chi connectivity index (χ3v) is 5.23. The molecule has 1 saturated carbocycles. The molecule has 0 spiro atoms. The Balaban J connectivity index is 1.61. The largest absolute Gasteiger partial charge is 0.493 e. The molecular formula is C18H28N2O. The number of nitrogens with one attached hydrogen (secondary N) is 1. The van der Waals surface area contributed by atoms with E-state index in [0.717, 1.165) is 31.1 Å². The number of rotatable bonds is 5. The average Bonchev–Trinajstić information content (AvgIpc) is 2.55. The second-order valence-corrected chi connectivity index (χ2v) is 6.71. The van der Waals surface area contributed by atoms with Crippen LogP contribution in [0.3, 0.4) is 0 Å². The topological polar surface area (TPSA) is 47.3 Å². The number of ether oxygens (including phenoxy) is 1. The molecule has 2 unspecified atom stereocenters. The van der Waals surface area contributed by atoms with Crippen LogP contribution < -0.4 is 16.0 Å². The van der Waals surface area contributed by atoms with E-state index in [1.54, 1.807) is 0 Å². The van der Waals surface area contributed by atoms with E-state index >= 15 is 0 Å². The van der Waals surface area contributed by atoms with Crippen LogP contribution in [-0.4, -0.2) is 12.6 Å². The molecule has 1 aliphatic carbocycles. The molecule has 3 N–H and O–H groups in total. The van der Waals surface area contributed by atoms with Gasteiger partial charge in [-0.25, -0.2) is 0 Å². The van der Waals surface area contributed by atoms with Gasteiger partial charge in [-0.1, -0.05) is 50.3 Å². The van der Waals surface area contributed by atoms with Gasteiger partial charge in [0, 0.05) is 6.04 Å². The van der Waals surface area contributed by atoms with Crippen LogP contribution in [0.1, 0.15) is 62.8 Å². The summed E-state index contributed by atoms with van der Waals surface area (Å²) < 4.78 is 5.77. The fraction of sp³-hybridized carbons (Fsp3) is 0.667. The van der Waals surface area contributed by atoms with Crippen molar-refractivity contribution in [2.75, 3.05) is 6.61 Å². The highest BCUT2D eigenvalue weighted by Gasteiger charge is 2.26. The number of hydrazine groups is 1. The molecular weight excluding hydrogens is 260 g/mol. The predicted molar refractivity (Wildman–Crippen MR) is 86.2 cm³/mol. The summed E-state index contributed by atoms with van der Waals surface area (Å²) in [5.41, 5.74) is 4.45. The van der Waals surface area contributed by atoms with Gasteiger partial charge in [-0.2, -0.15) is 0 Å². The molecule has 0 aromatic heterocycles. The number of hydrogen-bond donors (Lipinski definition) is 2. The lowest BCUT2D eigenvalue weighted by Crippen LogP contribution is -2.38. The van der Waals surface area contributed by atoms with Gasteiger partial charge in [0.15, 0.2) is 0 Å². The van der Waals surface area contributed by atoms with Crippen molar-refractivity contribution in [1.29, 1.82) is 0 Å². The lowest BCUT2D eigenvalue weighted by molar-refractivity contribution is 0.239. The van der Waals surface area contributed by atoms with Crippen LogP contribution in [0.4, 0.5) is 0 Å². The summed E-state index contributed by atoms with van der Waals surface area (Å²) in [6.45, 7) is 0.836. The number of fused-ring (bicyclic) bond motifs is 1. The second-order valence-electron chi connectivity index (χ2n) is 6.71. The van der Waals surface area contributed by atoms with Crippen molar-refractivity contribution < 1.29 is 4.74 Å². The van der Waals surface area contributed by atoms with Gasteiger partial charge in [-0.3, -0.25) is 11.3 Å². The van der Waals surface area contributed by atoms with Crippen molar-refractivity contribution in [3.8, 4) is 5.75 Å². The molecule has 1 heterocycles. The zero-order valence-electron chi connectivity index (χ0n) is 12.9. The van der Waals surface area contributed by atoms with Crippen molar-refractivity contribution in [2.45, 2.75) is 63.3 Å². The third-order valence-electron chi connectivity index (χ3n) is 5.23. The van der Waals surface area contributed by atoms with Crippen molar-refractivity contribution in [3.63, 3.8) is 0 Å². The minimum absolute atomic E-state index is 0.434. The van der Waals surface area contributed by atoms with E-state index < -0.39 is 0 Å². The van der Waals surface area contributed by atoms with E-state index in [4.69, 9.17) is 10.6 Å². The monoisotopic (exact) mass is 288 g/mol. The van der Waals surface area contributed by atoms with Gasteiger partial charge in [0.05, 0.1) is 6.61 Å². The Bertz CT molecular complexity index is 443. The number of para-hydroxylation sites is 1. The van der Waals surface area contributed by atoms with Crippen molar-refractivity contribution >= 4 is 0 Å². The van der Waals surface area contributed by atoms with E-state index in [9.17, 15) is 0 Å². The summed E-state index contributed by atoms with van der Waals surface area (Å²) in [5, 5.41) is 0. The highest BCUT2D eigenvalue weighted by molar-refractivity contribution is 5.37. The maximum Gasteiger partial charge on any atom is 0.122 e. The number of benzene rings is 1. The van der Waals surface area contributed by atoms with Gasteiger partial charge in [-0.15, -0.1) is 0 Å². The molecule has 1 fully saturated rings. The highest BCUT2D eigenvalue weighted by Crippen LogP contribution is 2.37. The summed E-state index contributed by atoms with van der Waals surface area (Å²) in [6.07, 6.45) is 10.5. The van der Waals surface area contributed by atoms with Crippen LogP contribution in [0.5, 0.6) is 5.75 Å². The molecule has 0 saturated heterocycles. The lowest BCUT2D eigenvalue weighted by Gasteiger charge is -2.31. The maximum atomic E-state index is 5.85. The van der Waals surface area contributed by atoms with E-state index in [1.165, 1.54) is 44.1 Å². The van der Waals surface area contributed by atoms with Gasteiger partial charge in [-0.05, 0) is 42.7 Å². The van der Waals surface area contributed by atoms with E-state index in [2.05, 4.69) is 29.7 Å². The van der Waals surface area contributed by atoms with Gasteiger partial charge in [0.2, 0.25) is 0 Å². The molecule has 0 bridgehead atoms. The van der Waals surface area contributed by atoms with Crippen molar-refractivity contribution in [2.24, 2.45) is 11.8 Å². The van der Waals surface area contributed by atoms with Gasteiger partial charge in [0.1, 0.15) is 5.75 Å². The first kappa shape index (κ1) is 14.9. The zero-order chi connectivity index (χ0) is 14.5. The van der Waals surface area contributed by atoms with E-state index in [-0.39, 0.29) is 0 Å². The molecule has 3 rings (SSSR count). The highest BCUT2D eigenvalue weighted by atomic mass is 16.5. The van der Waals surface area contributed by atoms with Crippen LogP contribution in [-0.2, 0) is 0 Å². The third kappa shape index (κ3) is 3.78. The molecule has 1 aromatic rings. The first-order valence-corrected chi connectivity index (χ1v) is 8.54. The molecule has 3 heteroatoms. The van der Waals surface area contributed by atoms with Crippen molar-refractivity contribution in [3.05, 3.63) is 29.8 Å². The first-order chi connectivity index (χ1) is 10.4. The smallest absolute Gasteiger partial charge is 0.122 e. The predicted octanol–water partition coefficient (Wildman–Crippen LogP) is 3.75. The Morgan fingerprint density at radius 2 is 1.90 bits per heavy atom. The average molecular weight is 288 g/mol. The second kappa shape index (κ2) is 7.28. The van der Waals surface area contributed by atoms with E-state index in [0.29, 0.717) is 12.0 Å². The molecule has 1 aromatic carbocycles. The standard InChI is InChI=1S/C18H28N2O/c19-20-16(12-14-6-2-1-3-7-14)13-15-10-11-21-18-9-5-4-8-17(15)18/h4-5,8-9,14-16,20H,1-3,6-7,10-13,19H2. The summed E-state index contributed by atoms with van der Waals surface area (Å²) in [5.74, 6) is 8.37. The lowest BCUT2D eigenvalue weighted by atomic mass is 9.81. The minimum Gasteiger partial charge on any atom is -0.493 e. The first-order valence-electron chi connectivity index (χ1n) is 8.54. The molecule has 3 nitrogen and oxygen atoms in total. The Morgan fingerprint density at radius 1 is 1.10 bits per heavy atom. The minimum atomic E-state index is 0.434. The van der Waals surface area contributed by atoms with Crippen LogP contribution in [0.2, 0.25) is 0 Å². The zero-order valence-corrected chi connectivity index (χ0v) is 12.9. The SMILES string of the molecule is NNC(CC1CCCCC1)CC1CCOc2ccccc21. The van der Waals surface area contributed by atoms with Gasteiger partial charge < -0.3 is 4.74 Å². The fourth-order valence-corrected chi connectivity index (χ4v) is 4.06. The van der Waals surface area contributed by atoms with Crippen LogP contribution in [0, 0.1) is 5.92 Å². The Labute approximate surface area is 128 Å². The maximum absolute atomic E-state index is 5.85. The molecule has 1 aliphatic heterocycles. The van der Waals surface area contributed by atoms with Crippen LogP contribution in [0.25, 0.3) is 0 Å². The summed E-state index contributed by atoms with van der Waals surface area (Å²) >= 11 is 0. The fourth-order valence-electron chi connectivity index (χ4n) is 4.06. The Hall–Kier alpha value is -1.06. The molecule has 0 amide bonds. The Kier molecular flexibility index (Phi) is 5.15. The van der Waals surface area contributed by atoms with Crippen LogP contribution in [0.15, 0.2) is 24.3 Å². The molecule has 21 heavy (non-hydrogen) atoms. The molecule has 2 atom stereocenters. The molecule has 116 valence electrons. The quantitative estimate of drug-likeness (QED) is 0.641.